The van der Waals surface area contributed by atoms with E-state index in [1.54, 1.807) is 6.07 Å². The van der Waals surface area contributed by atoms with Gasteiger partial charge >= 0.3 is 0 Å². The molecule has 5 nitrogen and oxygen atoms in total. The van der Waals surface area contributed by atoms with Crippen molar-refractivity contribution in [3.05, 3.63) is 35.1 Å². The Morgan fingerprint density at radius 2 is 2.09 bits per heavy atom. The molecule has 1 aliphatic carbocycles. The first-order chi connectivity index (χ1) is 11.0. The standard InChI is InChI=1S/C17H22FN3O2/c18-15-6-3-11(8-14(15)17(19)23)12-2-1-7-21(10-12)16(22)9-20-13-4-5-13/h3,6,8,12-13,20H,1-2,4-5,7,9-10H2,(H2,19,23). The minimum absolute atomic E-state index is 0.0821. The molecule has 3 N–H and O–H groups in total. The number of nitrogens with two attached hydrogens (primary N) is 1. The molecule has 0 aromatic heterocycles. The Labute approximate surface area is 135 Å². The fourth-order valence-corrected chi connectivity index (χ4v) is 3.09. The van der Waals surface area contributed by atoms with Gasteiger partial charge in [0.15, 0.2) is 0 Å². The van der Waals surface area contributed by atoms with Crippen molar-refractivity contribution in [1.82, 2.24) is 10.2 Å². The van der Waals surface area contributed by atoms with Crippen LogP contribution in [0.2, 0.25) is 0 Å². The molecule has 0 bridgehead atoms. The number of primary amides is 1. The second-order valence-corrected chi connectivity index (χ2v) is 6.44. The first-order valence-electron chi connectivity index (χ1n) is 8.15. The number of nitrogens with one attached hydrogen (secondary N) is 1. The van der Waals surface area contributed by atoms with E-state index in [4.69, 9.17) is 5.73 Å². The van der Waals surface area contributed by atoms with Gasteiger partial charge in [0, 0.05) is 25.0 Å². The van der Waals surface area contributed by atoms with Crippen LogP contribution in [0.5, 0.6) is 0 Å². The van der Waals surface area contributed by atoms with E-state index < -0.39 is 11.7 Å². The molecule has 2 aliphatic rings. The Balaban J connectivity index is 1.66. The maximum Gasteiger partial charge on any atom is 0.251 e. The number of hydrogen-bond acceptors (Lipinski definition) is 3. The first-order valence-corrected chi connectivity index (χ1v) is 8.15. The molecule has 6 heteroatoms. The van der Waals surface area contributed by atoms with Crippen molar-refractivity contribution in [3.8, 4) is 0 Å². The molecule has 1 unspecified atom stereocenters. The number of rotatable bonds is 5. The summed E-state index contributed by atoms with van der Waals surface area (Å²) in [5.41, 5.74) is 6.00. The summed E-state index contributed by atoms with van der Waals surface area (Å²) in [5, 5.41) is 3.24. The van der Waals surface area contributed by atoms with Gasteiger partial charge in [0.2, 0.25) is 5.91 Å². The van der Waals surface area contributed by atoms with Gasteiger partial charge in [0.1, 0.15) is 5.82 Å². The zero-order valence-corrected chi connectivity index (χ0v) is 13.1. The van der Waals surface area contributed by atoms with Crippen molar-refractivity contribution >= 4 is 11.8 Å². The zero-order chi connectivity index (χ0) is 16.4. The van der Waals surface area contributed by atoms with Gasteiger partial charge in [0.25, 0.3) is 5.91 Å². The quantitative estimate of drug-likeness (QED) is 0.861. The van der Waals surface area contributed by atoms with E-state index >= 15 is 0 Å². The Morgan fingerprint density at radius 1 is 1.30 bits per heavy atom. The second kappa shape index (κ2) is 6.66. The van der Waals surface area contributed by atoms with Crippen LogP contribution in [0.4, 0.5) is 4.39 Å². The van der Waals surface area contributed by atoms with Gasteiger partial charge in [-0.1, -0.05) is 6.07 Å². The van der Waals surface area contributed by atoms with Crippen LogP contribution in [0, 0.1) is 5.82 Å². The molecule has 3 rings (SSSR count). The molecule has 2 fully saturated rings. The monoisotopic (exact) mass is 319 g/mol. The van der Waals surface area contributed by atoms with E-state index in [9.17, 15) is 14.0 Å². The third kappa shape index (κ3) is 3.88. The fraction of sp³-hybridized carbons (Fsp3) is 0.529. The van der Waals surface area contributed by atoms with Crippen LogP contribution in [0.15, 0.2) is 18.2 Å². The van der Waals surface area contributed by atoms with Crippen molar-refractivity contribution in [2.75, 3.05) is 19.6 Å². The Kier molecular flexibility index (Phi) is 4.61. The molecule has 2 amide bonds. The smallest absolute Gasteiger partial charge is 0.251 e. The molecule has 0 radical (unpaired) electrons. The van der Waals surface area contributed by atoms with Gasteiger partial charge in [-0.25, -0.2) is 4.39 Å². The van der Waals surface area contributed by atoms with E-state index in [2.05, 4.69) is 5.32 Å². The fourth-order valence-electron chi connectivity index (χ4n) is 3.09. The lowest BCUT2D eigenvalue weighted by Gasteiger charge is -2.33. The largest absolute Gasteiger partial charge is 0.366 e. The second-order valence-electron chi connectivity index (χ2n) is 6.44. The molecule has 124 valence electrons. The lowest BCUT2D eigenvalue weighted by Crippen LogP contribution is -2.43. The summed E-state index contributed by atoms with van der Waals surface area (Å²) in [6.45, 7) is 1.74. The van der Waals surface area contributed by atoms with Gasteiger partial charge in [-0.3, -0.25) is 9.59 Å². The van der Waals surface area contributed by atoms with Crippen molar-refractivity contribution in [2.24, 2.45) is 5.73 Å². The molecule has 1 aromatic carbocycles. The van der Waals surface area contributed by atoms with Gasteiger partial charge in [-0.2, -0.15) is 0 Å². The molecule has 23 heavy (non-hydrogen) atoms. The van der Waals surface area contributed by atoms with Gasteiger partial charge < -0.3 is 16.0 Å². The Morgan fingerprint density at radius 3 is 2.78 bits per heavy atom. The first kappa shape index (κ1) is 15.9. The van der Waals surface area contributed by atoms with Crippen molar-refractivity contribution in [1.29, 1.82) is 0 Å². The molecule has 1 aromatic rings. The highest BCUT2D eigenvalue weighted by Crippen LogP contribution is 2.28. The summed E-state index contributed by atoms with van der Waals surface area (Å²) < 4.78 is 13.6. The topological polar surface area (TPSA) is 75.4 Å². The molecule has 1 saturated heterocycles. The maximum atomic E-state index is 13.6. The number of hydrogen-bond donors (Lipinski definition) is 2. The number of piperidine rings is 1. The highest BCUT2D eigenvalue weighted by molar-refractivity contribution is 5.93. The Bertz CT molecular complexity index is 616. The van der Waals surface area contributed by atoms with E-state index in [1.807, 2.05) is 4.90 Å². The van der Waals surface area contributed by atoms with Crippen molar-refractivity contribution in [2.45, 2.75) is 37.6 Å². The molecule has 1 aliphatic heterocycles. The van der Waals surface area contributed by atoms with Gasteiger partial charge in [-0.15, -0.1) is 0 Å². The molecule has 0 spiro atoms. The zero-order valence-electron chi connectivity index (χ0n) is 13.1. The number of carbonyl (C=O) groups is 2. The molecule has 1 atom stereocenters. The maximum absolute atomic E-state index is 13.6. The van der Waals surface area contributed by atoms with E-state index in [-0.39, 0.29) is 17.4 Å². The number of nitrogens with zero attached hydrogens (tertiary/aromatic N) is 1. The summed E-state index contributed by atoms with van der Waals surface area (Å²) in [7, 11) is 0. The number of likely N-dealkylation sites (tertiary alicyclic amines) is 1. The van der Waals surface area contributed by atoms with Crippen LogP contribution in [-0.4, -0.2) is 42.4 Å². The average Bonchev–Trinajstić information content (AvgIpc) is 3.37. The third-order valence-corrected chi connectivity index (χ3v) is 4.62. The normalized spacial score (nSPS) is 21.3. The van der Waals surface area contributed by atoms with Crippen molar-refractivity contribution in [3.63, 3.8) is 0 Å². The number of benzene rings is 1. The minimum Gasteiger partial charge on any atom is -0.366 e. The van der Waals surface area contributed by atoms with Crippen LogP contribution >= 0.6 is 0 Å². The molecular formula is C17H22FN3O2. The highest BCUT2D eigenvalue weighted by atomic mass is 19.1. The van der Waals surface area contributed by atoms with Gasteiger partial charge in [-0.05, 0) is 43.4 Å². The van der Waals surface area contributed by atoms with Crippen LogP contribution in [0.3, 0.4) is 0 Å². The van der Waals surface area contributed by atoms with Crippen molar-refractivity contribution < 1.29 is 14.0 Å². The predicted molar refractivity (Wildman–Crippen MR) is 84.5 cm³/mol. The summed E-state index contributed by atoms with van der Waals surface area (Å²) >= 11 is 0. The summed E-state index contributed by atoms with van der Waals surface area (Å²) in [6, 6.07) is 5.00. The van der Waals surface area contributed by atoms with Gasteiger partial charge in [0.05, 0.1) is 12.1 Å². The lowest BCUT2D eigenvalue weighted by atomic mass is 9.89. The summed E-state index contributed by atoms with van der Waals surface area (Å²) in [5.74, 6) is -1.13. The van der Waals surface area contributed by atoms with Crippen LogP contribution in [0.1, 0.15) is 47.5 Å². The number of halogens is 1. The lowest BCUT2D eigenvalue weighted by molar-refractivity contribution is -0.131. The molecular weight excluding hydrogens is 297 g/mol. The minimum atomic E-state index is -0.762. The van der Waals surface area contributed by atoms with Crippen LogP contribution < -0.4 is 11.1 Å². The highest BCUT2D eigenvalue weighted by Gasteiger charge is 2.27. The average molecular weight is 319 g/mol. The summed E-state index contributed by atoms with van der Waals surface area (Å²) in [6.07, 6.45) is 4.13. The van der Waals surface area contributed by atoms with E-state index in [0.717, 1.165) is 37.8 Å². The van der Waals surface area contributed by atoms with Crippen LogP contribution in [0.25, 0.3) is 0 Å². The predicted octanol–water partition coefficient (Wildman–Crippen LogP) is 1.38. The van der Waals surface area contributed by atoms with E-state index in [0.29, 0.717) is 19.1 Å². The number of carbonyl (C=O) groups excluding carboxylic acids is 2. The SMILES string of the molecule is NC(=O)c1cc(C2CCCN(C(=O)CNC3CC3)C2)ccc1F. The Hall–Kier alpha value is -1.95. The summed E-state index contributed by atoms with van der Waals surface area (Å²) in [4.78, 5) is 25.4. The van der Waals surface area contributed by atoms with Crippen LogP contribution in [-0.2, 0) is 4.79 Å². The molecule has 1 heterocycles. The van der Waals surface area contributed by atoms with E-state index in [1.165, 1.54) is 12.1 Å². The number of amides is 2. The third-order valence-electron chi connectivity index (χ3n) is 4.62. The molecule has 1 saturated carbocycles.